The zero-order chi connectivity index (χ0) is 18.5. The number of aromatic nitrogens is 1. The van der Waals surface area contributed by atoms with Gasteiger partial charge >= 0.3 is 6.03 Å². The number of hydrogen-bond acceptors (Lipinski definition) is 5. The number of nitrogens with zero attached hydrogens (tertiary/aromatic N) is 2. The Morgan fingerprint density at radius 3 is 2.58 bits per heavy atom. The molecule has 0 bridgehead atoms. The minimum Gasteiger partial charge on any atom is -0.497 e. The number of carbonyl (C=O) groups is 1. The third-order valence-corrected chi connectivity index (χ3v) is 5.05. The van der Waals surface area contributed by atoms with E-state index in [4.69, 9.17) is 4.74 Å². The van der Waals surface area contributed by atoms with Crippen molar-refractivity contribution in [1.82, 2.24) is 15.2 Å². The van der Waals surface area contributed by atoms with Crippen LogP contribution in [0.5, 0.6) is 5.75 Å². The first-order valence-electron chi connectivity index (χ1n) is 8.27. The summed E-state index contributed by atoms with van der Waals surface area (Å²) in [4.78, 5) is 18.7. The fourth-order valence-corrected chi connectivity index (χ4v) is 3.54. The van der Waals surface area contributed by atoms with Gasteiger partial charge in [-0.2, -0.15) is 0 Å². The second-order valence-corrected chi connectivity index (χ2v) is 7.10. The van der Waals surface area contributed by atoms with Crippen LogP contribution in [0.1, 0.15) is 11.6 Å². The van der Waals surface area contributed by atoms with E-state index in [1.165, 1.54) is 11.3 Å². The van der Waals surface area contributed by atoms with Gasteiger partial charge in [-0.1, -0.05) is 35.6 Å². The van der Waals surface area contributed by atoms with E-state index < -0.39 is 0 Å². The molecule has 0 aliphatic rings. The summed E-state index contributed by atoms with van der Waals surface area (Å²) in [6.07, 6.45) is 0. The first-order chi connectivity index (χ1) is 12.6. The number of nitrogens with one attached hydrogen (secondary N) is 2. The van der Waals surface area contributed by atoms with Gasteiger partial charge in [0.05, 0.1) is 23.4 Å². The zero-order valence-corrected chi connectivity index (χ0v) is 15.8. The Morgan fingerprint density at radius 1 is 1.19 bits per heavy atom. The topological polar surface area (TPSA) is 66.5 Å². The summed E-state index contributed by atoms with van der Waals surface area (Å²) in [5.41, 5.74) is 1.99. The minimum absolute atomic E-state index is 0.0574. The largest absolute Gasteiger partial charge is 0.497 e. The number of methoxy groups -OCH3 is 1. The number of thiazole rings is 1. The third kappa shape index (κ3) is 4.30. The normalized spacial score (nSPS) is 12.2. The van der Waals surface area contributed by atoms with Crippen LogP contribution in [0.15, 0.2) is 48.5 Å². The first-order valence-corrected chi connectivity index (χ1v) is 9.09. The monoisotopic (exact) mass is 370 g/mol. The Kier molecular flexibility index (Phi) is 5.70. The third-order valence-electron chi connectivity index (χ3n) is 4.09. The summed E-state index contributed by atoms with van der Waals surface area (Å²) in [5.74, 6) is 0.813. The van der Waals surface area contributed by atoms with Gasteiger partial charge < -0.3 is 15.0 Å². The highest BCUT2D eigenvalue weighted by atomic mass is 32.1. The van der Waals surface area contributed by atoms with Gasteiger partial charge in [0.2, 0.25) is 0 Å². The van der Waals surface area contributed by atoms with Crippen molar-refractivity contribution in [3.63, 3.8) is 0 Å². The minimum atomic E-state index is -0.260. The smallest absolute Gasteiger partial charge is 0.321 e. The van der Waals surface area contributed by atoms with Crippen LogP contribution in [-0.4, -0.2) is 43.7 Å². The maximum atomic E-state index is 12.3. The van der Waals surface area contributed by atoms with Crippen LogP contribution in [-0.2, 0) is 0 Å². The lowest BCUT2D eigenvalue weighted by atomic mass is 10.1. The maximum absolute atomic E-state index is 12.3. The van der Waals surface area contributed by atoms with E-state index in [2.05, 4.69) is 20.5 Å². The maximum Gasteiger partial charge on any atom is 0.321 e. The Morgan fingerprint density at radius 2 is 1.92 bits per heavy atom. The average molecular weight is 370 g/mol. The highest BCUT2D eigenvalue weighted by Gasteiger charge is 2.16. The van der Waals surface area contributed by atoms with Gasteiger partial charge in [0, 0.05) is 6.54 Å². The molecule has 2 amide bonds. The van der Waals surface area contributed by atoms with Gasteiger partial charge in [-0.05, 0) is 43.9 Å². The second-order valence-electron chi connectivity index (χ2n) is 6.07. The van der Waals surface area contributed by atoms with Crippen molar-refractivity contribution in [2.45, 2.75) is 6.04 Å². The molecule has 0 fully saturated rings. The molecule has 136 valence electrons. The SMILES string of the molecule is COc1ccc(C(CNC(=O)Nc2nc3ccccc3s2)N(C)C)cc1. The van der Waals surface area contributed by atoms with Crippen LogP contribution in [0, 0.1) is 0 Å². The van der Waals surface area contributed by atoms with Crippen LogP contribution in [0.3, 0.4) is 0 Å². The predicted molar refractivity (Wildman–Crippen MR) is 106 cm³/mol. The molecule has 2 N–H and O–H groups in total. The zero-order valence-electron chi connectivity index (χ0n) is 15.0. The van der Waals surface area contributed by atoms with Crippen molar-refractivity contribution in [2.24, 2.45) is 0 Å². The van der Waals surface area contributed by atoms with Gasteiger partial charge in [0.1, 0.15) is 5.75 Å². The summed E-state index contributed by atoms with van der Waals surface area (Å²) in [6.45, 7) is 0.482. The molecule has 0 saturated carbocycles. The molecule has 0 saturated heterocycles. The standard InChI is InChI=1S/C19H22N4O2S/c1-23(2)16(13-8-10-14(25-3)11-9-13)12-20-18(24)22-19-21-15-6-4-5-7-17(15)26-19/h4-11,16H,12H2,1-3H3,(H2,20,21,22,24). The molecule has 2 aromatic carbocycles. The number of fused-ring (bicyclic) bond motifs is 1. The quantitative estimate of drug-likeness (QED) is 0.694. The van der Waals surface area contributed by atoms with Crippen LogP contribution < -0.4 is 15.4 Å². The second kappa shape index (κ2) is 8.16. The van der Waals surface area contributed by atoms with Gasteiger partial charge in [-0.3, -0.25) is 5.32 Å². The summed E-state index contributed by atoms with van der Waals surface area (Å²) in [6, 6.07) is 15.5. The van der Waals surface area contributed by atoms with Crippen molar-refractivity contribution in [3.8, 4) is 5.75 Å². The van der Waals surface area contributed by atoms with Gasteiger partial charge in [-0.15, -0.1) is 0 Å². The van der Waals surface area contributed by atoms with Crippen molar-refractivity contribution < 1.29 is 9.53 Å². The molecule has 26 heavy (non-hydrogen) atoms. The van der Waals surface area contributed by atoms with Crippen LogP contribution in [0.2, 0.25) is 0 Å². The van der Waals surface area contributed by atoms with Crippen molar-refractivity contribution in [3.05, 3.63) is 54.1 Å². The Hall–Kier alpha value is -2.64. The van der Waals surface area contributed by atoms with E-state index in [9.17, 15) is 4.79 Å². The molecular formula is C19H22N4O2S. The summed E-state index contributed by atoms with van der Waals surface area (Å²) in [7, 11) is 5.62. The molecule has 1 unspecified atom stereocenters. The number of rotatable bonds is 6. The van der Waals surface area contributed by atoms with E-state index in [1.54, 1.807) is 7.11 Å². The van der Waals surface area contributed by atoms with Crippen molar-refractivity contribution >= 4 is 32.7 Å². The van der Waals surface area contributed by atoms with E-state index in [-0.39, 0.29) is 12.1 Å². The molecule has 3 rings (SSSR count). The number of amides is 2. The highest BCUT2D eigenvalue weighted by Crippen LogP contribution is 2.25. The van der Waals surface area contributed by atoms with Gasteiger partial charge in [-0.25, -0.2) is 9.78 Å². The number of ether oxygens (including phenoxy) is 1. The molecule has 0 radical (unpaired) electrons. The van der Waals surface area contributed by atoms with Crippen LogP contribution in [0.4, 0.5) is 9.93 Å². The number of para-hydroxylation sites is 1. The fraction of sp³-hybridized carbons (Fsp3) is 0.263. The summed E-state index contributed by atoms with van der Waals surface area (Å²) >= 11 is 1.46. The van der Waals surface area contributed by atoms with Gasteiger partial charge in [0.25, 0.3) is 0 Å². The van der Waals surface area contributed by atoms with Gasteiger partial charge in [0.15, 0.2) is 5.13 Å². The van der Waals surface area contributed by atoms with E-state index in [1.807, 2.05) is 62.6 Å². The molecule has 1 aromatic heterocycles. The highest BCUT2D eigenvalue weighted by molar-refractivity contribution is 7.22. The number of likely N-dealkylation sites (N-methyl/N-ethyl adjacent to an activating group) is 1. The lowest BCUT2D eigenvalue weighted by Crippen LogP contribution is -2.36. The van der Waals surface area contributed by atoms with Crippen molar-refractivity contribution in [1.29, 1.82) is 0 Å². The Labute approximate surface area is 156 Å². The number of carbonyl (C=O) groups excluding carboxylic acids is 1. The molecule has 6 nitrogen and oxygen atoms in total. The molecule has 3 aromatic rings. The molecular weight excluding hydrogens is 348 g/mol. The summed E-state index contributed by atoms with van der Waals surface area (Å²) < 4.78 is 6.25. The van der Waals surface area contributed by atoms with Crippen LogP contribution in [0.25, 0.3) is 10.2 Å². The first kappa shape index (κ1) is 18.2. The molecule has 0 aliphatic carbocycles. The number of hydrogen-bond donors (Lipinski definition) is 2. The number of urea groups is 1. The molecule has 0 spiro atoms. The molecule has 1 atom stereocenters. The van der Waals surface area contributed by atoms with E-state index in [0.717, 1.165) is 21.5 Å². The summed E-state index contributed by atoms with van der Waals surface area (Å²) in [5, 5.41) is 6.33. The number of benzene rings is 2. The Bertz CT molecular complexity index is 844. The lowest BCUT2D eigenvalue weighted by Gasteiger charge is -2.25. The molecule has 1 heterocycles. The lowest BCUT2D eigenvalue weighted by molar-refractivity contribution is 0.243. The average Bonchev–Trinajstić information content (AvgIpc) is 3.04. The predicted octanol–water partition coefficient (Wildman–Crippen LogP) is 3.73. The molecule has 0 aliphatic heterocycles. The molecule has 7 heteroatoms. The van der Waals surface area contributed by atoms with E-state index in [0.29, 0.717) is 11.7 Å². The Balaban J connectivity index is 1.61. The van der Waals surface area contributed by atoms with E-state index >= 15 is 0 Å². The fourth-order valence-electron chi connectivity index (χ4n) is 2.68. The van der Waals surface area contributed by atoms with Crippen LogP contribution >= 0.6 is 11.3 Å². The number of anilines is 1. The van der Waals surface area contributed by atoms with Crippen molar-refractivity contribution in [2.75, 3.05) is 33.1 Å².